The van der Waals surface area contributed by atoms with E-state index in [2.05, 4.69) is 25.9 Å². The van der Waals surface area contributed by atoms with Crippen molar-refractivity contribution in [3.63, 3.8) is 0 Å². The second-order valence-corrected chi connectivity index (χ2v) is 6.70. The smallest absolute Gasteiger partial charge is 0.415 e. The Morgan fingerprint density at radius 2 is 1.91 bits per heavy atom. The third kappa shape index (κ3) is 4.80. The summed E-state index contributed by atoms with van der Waals surface area (Å²) in [5, 5.41) is 0. The van der Waals surface area contributed by atoms with Crippen molar-refractivity contribution in [2.75, 3.05) is 4.90 Å². The molecule has 0 saturated heterocycles. The summed E-state index contributed by atoms with van der Waals surface area (Å²) in [6.45, 7) is 5.91. The number of rotatable bonds is 3. The lowest BCUT2D eigenvalue weighted by Gasteiger charge is -2.27. The lowest BCUT2D eigenvalue weighted by molar-refractivity contribution is 0.0577. The van der Waals surface area contributed by atoms with Gasteiger partial charge in [0.1, 0.15) is 5.60 Å². The highest BCUT2D eigenvalue weighted by molar-refractivity contribution is 9.10. The molecule has 0 aromatic carbocycles. The van der Waals surface area contributed by atoms with E-state index < -0.39 is 11.7 Å². The predicted octanol–water partition coefficient (Wildman–Crippen LogP) is 4.18. The van der Waals surface area contributed by atoms with Gasteiger partial charge in [0.15, 0.2) is 0 Å². The van der Waals surface area contributed by atoms with Gasteiger partial charge in [-0.05, 0) is 60.5 Å². The average Bonchev–Trinajstić information content (AvgIpc) is 2.44. The number of anilines is 1. The third-order valence-corrected chi connectivity index (χ3v) is 3.14. The first-order chi connectivity index (χ1) is 10.3. The maximum absolute atomic E-state index is 12.5. The summed E-state index contributed by atoms with van der Waals surface area (Å²) in [7, 11) is 0. The topological polar surface area (TPSA) is 55.3 Å². The number of aromatic nitrogens is 2. The first-order valence-corrected chi connectivity index (χ1v) is 7.64. The van der Waals surface area contributed by atoms with Gasteiger partial charge >= 0.3 is 6.09 Å². The lowest BCUT2D eigenvalue weighted by atomic mass is 10.2. The van der Waals surface area contributed by atoms with Gasteiger partial charge < -0.3 is 4.74 Å². The summed E-state index contributed by atoms with van der Waals surface area (Å²) in [5.74, 6) is 0. The number of carbonyl (C=O) groups excluding carboxylic acids is 1. The normalized spacial score (nSPS) is 11.1. The van der Waals surface area contributed by atoms with Crippen LogP contribution in [0.15, 0.2) is 47.5 Å². The van der Waals surface area contributed by atoms with Crippen LogP contribution in [0.4, 0.5) is 10.5 Å². The zero-order chi connectivity index (χ0) is 16.2. The maximum Gasteiger partial charge on any atom is 0.415 e. The van der Waals surface area contributed by atoms with E-state index in [1.165, 1.54) is 0 Å². The molecule has 0 aliphatic rings. The van der Waals surface area contributed by atoms with E-state index in [1.807, 2.05) is 39.0 Å². The van der Waals surface area contributed by atoms with Crippen LogP contribution < -0.4 is 4.90 Å². The molecule has 0 fully saturated rings. The summed E-state index contributed by atoms with van der Waals surface area (Å²) in [5.41, 5.74) is 1.06. The Morgan fingerprint density at radius 3 is 2.50 bits per heavy atom. The van der Waals surface area contributed by atoms with E-state index in [4.69, 9.17) is 4.74 Å². The maximum atomic E-state index is 12.5. The van der Waals surface area contributed by atoms with Crippen LogP contribution in [0.3, 0.4) is 0 Å². The van der Waals surface area contributed by atoms with E-state index in [0.29, 0.717) is 12.2 Å². The van der Waals surface area contributed by atoms with Gasteiger partial charge in [-0.1, -0.05) is 0 Å². The fourth-order valence-corrected chi connectivity index (χ4v) is 2.15. The molecule has 22 heavy (non-hydrogen) atoms. The molecule has 2 heterocycles. The minimum absolute atomic E-state index is 0.384. The number of hydrogen-bond acceptors (Lipinski definition) is 4. The van der Waals surface area contributed by atoms with Crippen LogP contribution in [0.25, 0.3) is 0 Å². The summed E-state index contributed by atoms with van der Waals surface area (Å²) >= 11 is 3.38. The highest BCUT2D eigenvalue weighted by Gasteiger charge is 2.24. The number of halogens is 1. The first-order valence-electron chi connectivity index (χ1n) is 6.85. The van der Waals surface area contributed by atoms with Crippen LogP contribution in [0.1, 0.15) is 26.3 Å². The van der Waals surface area contributed by atoms with Crippen molar-refractivity contribution in [3.05, 3.63) is 53.0 Å². The van der Waals surface area contributed by atoms with Crippen molar-refractivity contribution >= 4 is 27.7 Å². The van der Waals surface area contributed by atoms with Gasteiger partial charge in [-0.2, -0.15) is 0 Å². The summed E-state index contributed by atoms with van der Waals surface area (Å²) < 4.78 is 6.29. The molecule has 0 saturated carbocycles. The highest BCUT2D eigenvalue weighted by Crippen LogP contribution is 2.23. The van der Waals surface area contributed by atoms with Crippen LogP contribution in [-0.2, 0) is 11.3 Å². The second-order valence-electron chi connectivity index (χ2n) is 5.78. The standard InChI is InChI=1S/C16H18BrN3O2/c1-16(2,3)22-15(21)20(11-12-4-6-18-7-5-12)14-8-13(17)9-19-10-14/h4-10H,11H2,1-3H3. The summed E-state index contributed by atoms with van der Waals surface area (Å²) in [4.78, 5) is 22.2. The fourth-order valence-electron chi connectivity index (χ4n) is 1.80. The van der Waals surface area contributed by atoms with Crippen LogP contribution in [0.2, 0.25) is 0 Å². The Balaban J connectivity index is 2.30. The Labute approximate surface area is 138 Å². The molecular formula is C16H18BrN3O2. The second kappa shape index (κ2) is 6.87. The van der Waals surface area contributed by atoms with Gasteiger partial charge in [-0.15, -0.1) is 0 Å². The zero-order valence-corrected chi connectivity index (χ0v) is 14.4. The van der Waals surface area contributed by atoms with E-state index in [-0.39, 0.29) is 0 Å². The van der Waals surface area contributed by atoms with Crippen molar-refractivity contribution in [2.45, 2.75) is 32.9 Å². The van der Waals surface area contributed by atoms with Gasteiger partial charge in [-0.3, -0.25) is 14.9 Å². The van der Waals surface area contributed by atoms with E-state index in [9.17, 15) is 4.79 Å². The molecule has 0 N–H and O–H groups in total. The minimum Gasteiger partial charge on any atom is -0.443 e. The van der Waals surface area contributed by atoms with Crippen LogP contribution >= 0.6 is 15.9 Å². The van der Waals surface area contributed by atoms with Crippen LogP contribution in [0, 0.1) is 0 Å². The largest absolute Gasteiger partial charge is 0.443 e. The molecular weight excluding hydrogens is 346 g/mol. The molecule has 2 aromatic rings. The number of carbonyl (C=O) groups is 1. The van der Waals surface area contributed by atoms with E-state index >= 15 is 0 Å². The molecule has 0 radical (unpaired) electrons. The number of amides is 1. The molecule has 0 unspecified atom stereocenters. The molecule has 2 aromatic heterocycles. The van der Waals surface area contributed by atoms with E-state index in [1.54, 1.807) is 29.7 Å². The number of nitrogens with zero attached hydrogens (tertiary/aromatic N) is 3. The molecule has 0 aliphatic heterocycles. The Hall–Kier alpha value is -1.95. The molecule has 116 valence electrons. The van der Waals surface area contributed by atoms with Gasteiger partial charge in [0.25, 0.3) is 0 Å². The Kier molecular flexibility index (Phi) is 5.13. The monoisotopic (exact) mass is 363 g/mol. The molecule has 5 nitrogen and oxygen atoms in total. The molecule has 1 amide bonds. The van der Waals surface area contributed by atoms with Crippen molar-refractivity contribution < 1.29 is 9.53 Å². The number of ether oxygens (including phenoxy) is 1. The summed E-state index contributed by atoms with van der Waals surface area (Å²) in [6.07, 6.45) is 6.28. The van der Waals surface area contributed by atoms with Crippen molar-refractivity contribution in [3.8, 4) is 0 Å². The van der Waals surface area contributed by atoms with Crippen LogP contribution in [-0.4, -0.2) is 21.7 Å². The number of hydrogen-bond donors (Lipinski definition) is 0. The summed E-state index contributed by atoms with van der Waals surface area (Å²) in [6, 6.07) is 5.56. The molecule has 0 bridgehead atoms. The first kappa shape index (κ1) is 16.4. The third-order valence-electron chi connectivity index (χ3n) is 2.71. The zero-order valence-electron chi connectivity index (χ0n) is 12.8. The highest BCUT2D eigenvalue weighted by atomic mass is 79.9. The quantitative estimate of drug-likeness (QED) is 0.820. The van der Waals surface area contributed by atoms with Gasteiger partial charge in [0, 0.05) is 23.1 Å². The van der Waals surface area contributed by atoms with Gasteiger partial charge in [0.2, 0.25) is 0 Å². The molecule has 2 rings (SSSR count). The Bertz CT molecular complexity index is 641. The van der Waals surface area contributed by atoms with Crippen molar-refractivity contribution in [1.29, 1.82) is 0 Å². The predicted molar refractivity (Wildman–Crippen MR) is 88.6 cm³/mol. The van der Waals surface area contributed by atoms with Crippen molar-refractivity contribution in [1.82, 2.24) is 9.97 Å². The number of pyridine rings is 2. The SMILES string of the molecule is CC(C)(C)OC(=O)N(Cc1ccncc1)c1cncc(Br)c1. The average molecular weight is 364 g/mol. The molecule has 6 heteroatoms. The molecule has 0 aliphatic carbocycles. The Morgan fingerprint density at radius 1 is 1.23 bits per heavy atom. The van der Waals surface area contributed by atoms with Gasteiger partial charge in [-0.25, -0.2) is 4.79 Å². The van der Waals surface area contributed by atoms with Crippen molar-refractivity contribution in [2.24, 2.45) is 0 Å². The lowest BCUT2D eigenvalue weighted by Crippen LogP contribution is -2.36. The molecule has 0 spiro atoms. The van der Waals surface area contributed by atoms with E-state index in [0.717, 1.165) is 10.0 Å². The van der Waals surface area contributed by atoms with Crippen LogP contribution in [0.5, 0.6) is 0 Å². The fraction of sp³-hybridized carbons (Fsp3) is 0.312. The molecule has 0 atom stereocenters. The minimum atomic E-state index is -0.562. The van der Waals surface area contributed by atoms with Gasteiger partial charge in [0.05, 0.1) is 18.4 Å².